The second kappa shape index (κ2) is 6.20. The number of hydrogen-bond acceptors (Lipinski definition) is 4. The van der Waals surface area contributed by atoms with E-state index < -0.39 is 5.97 Å². The lowest BCUT2D eigenvalue weighted by molar-refractivity contribution is 0.0597. The minimum absolute atomic E-state index is 0.380. The molecule has 2 N–H and O–H groups in total. The predicted molar refractivity (Wildman–Crippen MR) is 82.5 cm³/mol. The zero-order valence-electron chi connectivity index (χ0n) is 11.1. The van der Waals surface area contributed by atoms with Crippen molar-refractivity contribution in [1.29, 1.82) is 0 Å². The smallest absolute Gasteiger partial charge is 0.339 e. The molecule has 2 rings (SSSR count). The summed E-state index contributed by atoms with van der Waals surface area (Å²) in [7, 11) is 1.33. The molecule has 104 valence electrons. The monoisotopic (exact) mass is 307 g/mol. The molecule has 2 aromatic rings. The Kier molecular flexibility index (Phi) is 4.57. The number of aryl methyl sites for hydroxylation is 1. The van der Waals surface area contributed by atoms with Crippen molar-refractivity contribution in [2.75, 3.05) is 12.8 Å². The van der Waals surface area contributed by atoms with E-state index in [2.05, 4.69) is 0 Å². The standard InChI is InChI=1S/C15H14ClNO2S/c1-9-5-3-4-6-13(9)20-14-11(15(18)19-2)7-10(17)8-12(14)16/h3-8H,17H2,1-2H3. The van der Waals surface area contributed by atoms with E-state index in [9.17, 15) is 4.79 Å². The van der Waals surface area contributed by atoms with Gasteiger partial charge in [0.05, 0.1) is 17.7 Å². The summed E-state index contributed by atoms with van der Waals surface area (Å²) in [4.78, 5) is 13.6. The van der Waals surface area contributed by atoms with E-state index in [1.165, 1.54) is 18.9 Å². The van der Waals surface area contributed by atoms with Gasteiger partial charge in [-0.15, -0.1) is 0 Å². The molecule has 0 aliphatic heterocycles. The van der Waals surface area contributed by atoms with Crippen molar-refractivity contribution in [2.45, 2.75) is 16.7 Å². The normalized spacial score (nSPS) is 10.3. The van der Waals surface area contributed by atoms with Crippen molar-refractivity contribution in [3.8, 4) is 0 Å². The summed E-state index contributed by atoms with van der Waals surface area (Å²) in [6.07, 6.45) is 0. The molecule has 0 atom stereocenters. The molecule has 0 aliphatic rings. The lowest BCUT2D eigenvalue weighted by Gasteiger charge is -2.12. The van der Waals surface area contributed by atoms with Gasteiger partial charge in [-0.3, -0.25) is 0 Å². The molecule has 20 heavy (non-hydrogen) atoms. The highest BCUT2D eigenvalue weighted by molar-refractivity contribution is 7.99. The van der Waals surface area contributed by atoms with Crippen LogP contribution in [0.4, 0.5) is 5.69 Å². The van der Waals surface area contributed by atoms with Gasteiger partial charge in [-0.1, -0.05) is 41.6 Å². The van der Waals surface area contributed by atoms with E-state index in [0.717, 1.165) is 10.5 Å². The molecule has 3 nitrogen and oxygen atoms in total. The van der Waals surface area contributed by atoms with E-state index in [1.54, 1.807) is 12.1 Å². The van der Waals surface area contributed by atoms with Gasteiger partial charge in [0, 0.05) is 15.5 Å². The van der Waals surface area contributed by atoms with E-state index >= 15 is 0 Å². The molecule has 0 unspecified atom stereocenters. The third kappa shape index (κ3) is 3.08. The minimum atomic E-state index is -0.449. The maximum absolute atomic E-state index is 11.9. The van der Waals surface area contributed by atoms with Gasteiger partial charge >= 0.3 is 5.97 Å². The molecular formula is C15H14ClNO2S. The number of nitrogen functional groups attached to an aromatic ring is 1. The quantitative estimate of drug-likeness (QED) is 0.683. The minimum Gasteiger partial charge on any atom is -0.465 e. The number of rotatable bonds is 3. The van der Waals surface area contributed by atoms with Crippen molar-refractivity contribution >= 4 is 35.0 Å². The van der Waals surface area contributed by atoms with Crippen molar-refractivity contribution in [1.82, 2.24) is 0 Å². The zero-order chi connectivity index (χ0) is 14.7. The average Bonchev–Trinajstić information content (AvgIpc) is 2.42. The third-order valence-corrected chi connectivity index (χ3v) is 4.51. The third-order valence-electron chi connectivity index (χ3n) is 2.78. The number of methoxy groups -OCH3 is 1. The molecule has 0 radical (unpaired) electrons. The molecule has 0 aromatic heterocycles. The van der Waals surface area contributed by atoms with Crippen LogP contribution < -0.4 is 5.73 Å². The molecule has 0 fully saturated rings. The fourth-order valence-corrected chi connectivity index (χ4v) is 3.11. The Labute approximate surface area is 127 Å². The number of benzene rings is 2. The van der Waals surface area contributed by atoms with E-state index in [-0.39, 0.29) is 0 Å². The van der Waals surface area contributed by atoms with E-state index in [4.69, 9.17) is 22.1 Å². The van der Waals surface area contributed by atoms with Crippen molar-refractivity contribution < 1.29 is 9.53 Å². The maximum atomic E-state index is 11.9. The molecule has 2 aromatic carbocycles. The van der Waals surface area contributed by atoms with Crippen LogP contribution in [0.25, 0.3) is 0 Å². The van der Waals surface area contributed by atoms with Gasteiger partial charge in [-0.2, -0.15) is 0 Å². The number of ether oxygens (including phenoxy) is 1. The zero-order valence-corrected chi connectivity index (χ0v) is 12.7. The number of halogens is 1. The van der Waals surface area contributed by atoms with Crippen molar-refractivity contribution in [2.24, 2.45) is 0 Å². The fraction of sp³-hybridized carbons (Fsp3) is 0.133. The highest BCUT2D eigenvalue weighted by Crippen LogP contribution is 2.39. The van der Waals surface area contributed by atoms with Crippen LogP contribution in [0.15, 0.2) is 46.2 Å². The average molecular weight is 308 g/mol. The van der Waals surface area contributed by atoms with Crippen LogP contribution in [0.3, 0.4) is 0 Å². The van der Waals surface area contributed by atoms with Gasteiger partial charge in [0.1, 0.15) is 0 Å². The van der Waals surface area contributed by atoms with Gasteiger partial charge in [0.25, 0.3) is 0 Å². The summed E-state index contributed by atoms with van der Waals surface area (Å²) in [6, 6.07) is 11.1. The summed E-state index contributed by atoms with van der Waals surface area (Å²) in [6.45, 7) is 2.01. The summed E-state index contributed by atoms with van der Waals surface area (Å²) in [5.74, 6) is -0.449. The molecule has 0 aliphatic carbocycles. The molecule has 0 spiro atoms. The van der Waals surface area contributed by atoms with Crippen LogP contribution >= 0.6 is 23.4 Å². The Morgan fingerprint density at radius 1 is 1.30 bits per heavy atom. The molecule has 0 saturated carbocycles. The highest BCUT2D eigenvalue weighted by Gasteiger charge is 2.17. The second-order valence-corrected chi connectivity index (χ2v) is 5.70. The number of hydrogen-bond donors (Lipinski definition) is 1. The van der Waals surface area contributed by atoms with Crippen molar-refractivity contribution in [3.05, 3.63) is 52.5 Å². The topological polar surface area (TPSA) is 52.3 Å². The number of nitrogens with two attached hydrogens (primary N) is 1. The first-order valence-corrected chi connectivity index (χ1v) is 7.13. The molecule has 0 saturated heterocycles. The van der Waals surface area contributed by atoms with Crippen LogP contribution in [0.1, 0.15) is 15.9 Å². The first-order chi connectivity index (χ1) is 9.52. The SMILES string of the molecule is COC(=O)c1cc(N)cc(Cl)c1Sc1ccccc1C. The molecule has 0 amide bonds. The lowest BCUT2D eigenvalue weighted by atomic mass is 10.2. The van der Waals surface area contributed by atoms with Crippen LogP contribution in [0, 0.1) is 6.92 Å². The highest BCUT2D eigenvalue weighted by atomic mass is 35.5. The van der Waals surface area contributed by atoms with Gasteiger partial charge in [-0.05, 0) is 30.7 Å². The van der Waals surface area contributed by atoms with E-state index in [0.29, 0.717) is 21.2 Å². The van der Waals surface area contributed by atoms with Crippen LogP contribution in [0.5, 0.6) is 0 Å². The summed E-state index contributed by atoms with van der Waals surface area (Å²) < 4.78 is 4.79. The summed E-state index contributed by atoms with van der Waals surface area (Å²) >= 11 is 7.66. The first kappa shape index (κ1) is 14.8. The largest absolute Gasteiger partial charge is 0.465 e. The van der Waals surface area contributed by atoms with Gasteiger partial charge < -0.3 is 10.5 Å². The number of carbonyl (C=O) groups excluding carboxylic acids is 1. The van der Waals surface area contributed by atoms with Gasteiger partial charge in [0.2, 0.25) is 0 Å². The van der Waals surface area contributed by atoms with Crippen molar-refractivity contribution in [3.63, 3.8) is 0 Å². The Morgan fingerprint density at radius 2 is 2.00 bits per heavy atom. The molecule has 5 heteroatoms. The van der Waals surface area contributed by atoms with Gasteiger partial charge in [-0.25, -0.2) is 4.79 Å². The number of esters is 1. The molecular weight excluding hydrogens is 294 g/mol. The summed E-state index contributed by atoms with van der Waals surface area (Å²) in [5.41, 5.74) is 7.67. The van der Waals surface area contributed by atoms with Gasteiger partial charge in [0.15, 0.2) is 0 Å². The van der Waals surface area contributed by atoms with Crippen LogP contribution in [-0.4, -0.2) is 13.1 Å². The van der Waals surface area contributed by atoms with Crippen LogP contribution in [0.2, 0.25) is 5.02 Å². The number of carbonyl (C=O) groups is 1. The molecule has 0 bridgehead atoms. The lowest BCUT2D eigenvalue weighted by Crippen LogP contribution is -2.05. The Bertz CT molecular complexity index is 658. The Morgan fingerprint density at radius 3 is 2.65 bits per heavy atom. The second-order valence-electron chi connectivity index (χ2n) is 4.24. The summed E-state index contributed by atoms with van der Waals surface area (Å²) in [5, 5.41) is 0.443. The maximum Gasteiger partial charge on any atom is 0.339 e. The van der Waals surface area contributed by atoms with E-state index in [1.807, 2.05) is 31.2 Å². The van der Waals surface area contributed by atoms with Crippen LogP contribution in [-0.2, 0) is 4.74 Å². The fourth-order valence-electron chi connectivity index (χ4n) is 1.76. The molecule has 0 heterocycles. The Hall–Kier alpha value is -1.65. The number of anilines is 1. The first-order valence-electron chi connectivity index (χ1n) is 5.93. The predicted octanol–water partition coefficient (Wildman–Crippen LogP) is 4.17. The Balaban J connectivity index is 2.50.